The molecule has 7 heteroatoms. The summed E-state index contributed by atoms with van der Waals surface area (Å²) in [6.45, 7) is 0. The molecular weight excluding hydrogens is 344 g/mol. The van der Waals surface area contributed by atoms with Gasteiger partial charge in [-0.3, -0.25) is 9.59 Å². The van der Waals surface area contributed by atoms with Gasteiger partial charge in [0.1, 0.15) is 0 Å². The number of halogens is 1. The van der Waals surface area contributed by atoms with Gasteiger partial charge < -0.3 is 20.1 Å². The molecule has 2 aromatic rings. The molecule has 0 atom stereocenters. The molecule has 6 nitrogen and oxygen atoms in total. The molecular formula is C18H19ClN2O4. The highest BCUT2D eigenvalue weighted by molar-refractivity contribution is 6.32. The molecule has 2 rings (SSSR count). The summed E-state index contributed by atoms with van der Waals surface area (Å²) in [5, 5.41) is 5.62. The lowest BCUT2D eigenvalue weighted by Crippen LogP contribution is -2.19. The summed E-state index contributed by atoms with van der Waals surface area (Å²) in [4.78, 5) is 23.8. The quantitative estimate of drug-likeness (QED) is 0.828. The maximum absolute atomic E-state index is 12.4. The van der Waals surface area contributed by atoms with E-state index in [1.807, 2.05) is 0 Å². The first kappa shape index (κ1) is 18.6. The molecule has 25 heavy (non-hydrogen) atoms. The molecule has 0 spiro atoms. The molecule has 0 aliphatic heterocycles. The number of hydrogen-bond acceptors (Lipinski definition) is 4. The van der Waals surface area contributed by atoms with Gasteiger partial charge in [0.2, 0.25) is 5.91 Å². The Hall–Kier alpha value is -2.73. The average molecular weight is 363 g/mol. The van der Waals surface area contributed by atoms with Crippen LogP contribution in [0.5, 0.6) is 11.5 Å². The number of rotatable bonds is 6. The van der Waals surface area contributed by atoms with Gasteiger partial charge in [-0.25, -0.2) is 0 Å². The van der Waals surface area contributed by atoms with Crippen LogP contribution in [0.4, 0.5) is 5.69 Å². The molecule has 0 aliphatic rings. The maximum atomic E-state index is 12.4. The third-order valence-corrected chi connectivity index (χ3v) is 3.83. The first-order valence-corrected chi connectivity index (χ1v) is 7.88. The van der Waals surface area contributed by atoms with E-state index >= 15 is 0 Å². The van der Waals surface area contributed by atoms with Crippen LogP contribution in [0.25, 0.3) is 0 Å². The number of amides is 2. The lowest BCUT2D eigenvalue weighted by Gasteiger charge is -2.12. The molecule has 2 N–H and O–H groups in total. The lowest BCUT2D eigenvalue weighted by molar-refractivity contribution is -0.119. The molecule has 0 aliphatic carbocycles. The summed E-state index contributed by atoms with van der Waals surface area (Å²) < 4.78 is 10.3. The Kier molecular flexibility index (Phi) is 6.25. The van der Waals surface area contributed by atoms with Crippen molar-refractivity contribution in [1.29, 1.82) is 0 Å². The van der Waals surface area contributed by atoms with Crippen molar-refractivity contribution in [2.75, 3.05) is 26.6 Å². The topological polar surface area (TPSA) is 76.7 Å². The zero-order valence-electron chi connectivity index (χ0n) is 14.2. The van der Waals surface area contributed by atoms with Crippen molar-refractivity contribution in [2.24, 2.45) is 0 Å². The first-order chi connectivity index (χ1) is 12.0. The van der Waals surface area contributed by atoms with Crippen LogP contribution in [0, 0.1) is 0 Å². The molecule has 132 valence electrons. The molecule has 0 unspecified atom stereocenters. The number of carbonyl (C=O) groups is 2. The van der Waals surface area contributed by atoms with Crippen molar-refractivity contribution >= 4 is 29.1 Å². The Balaban J connectivity index is 2.14. The van der Waals surface area contributed by atoms with E-state index in [-0.39, 0.29) is 23.3 Å². The summed E-state index contributed by atoms with van der Waals surface area (Å²) in [7, 11) is 4.54. The van der Waals surface area contributed by atoms with E-state index in [9.17, 15) is 9.59 Å². The van der Waals surface area contributed by atoms with Crippen molar-refractivity contribution < 1.29 is 19.1 Å². The van der Waals surface area contributed by atoms with Crippen LogP contribution < -0.4 is 20.1 Å². The third-order valence-electron chi connectivity index (χ3n) is 3.55. The Morgan fingerprint density at radius 2 is 1.76 bits per heavy atom. The number of anilines is 1. The van der Waals surface area contributed by atoms with E-state index in [2.05, 4.69) is 10.6 Å². The van der Waals surface area contributed by atoms with Gasteiger partial charge >= 0.3 is 0 Å². The zero-order chi connectivity index (χ0) is 18.4. The van der Waals surface area contributed by atoms with Crippen molar-refractivity contribution in [3.05, 3.63) is 52.5 Å². The number of hydrogen-bond donors (Lipinski definition) is 2. The molecule has 2 aromatic carbocycles. The van der Waals surface area contributed by atoms with Crippen molar-refractivity contribution in [1.82, 2.24) is 5.32 Å². The molecule has 0 radical (unpaired) electrons. The van der Waals surface area contributed by atoms with Crippen LogP contribution in [0.15, 0.2) is 36.4 Å². The van der Waals surface area contributed by atoms with Gasteiger partial charge in [-0.1, -0.05) is 23.7 Å². The van der Waals surface area contributed by atoms with Gasteiger partial charge in [-0.2, -0.15) is 0 Å². The highest BCUT2D eigenvalue weighted by Crippen LogP contribution is 2.36. The Morgan fingerprint density at radius 3 is 2.32 bits per heavy atom. The summed E-state index contributed by atoms with van der Waals surface area (Å²) in [5.74, 6) is 0.346. The summed E-state index contributed by atoms with van der Waals surface area (Å²) in [6, 6.07) is 10.1. The van der Waals surface area contributed by atoms with Crippen LogP contribution in [-0.4, -0.2) is 33.1 Å². The summed E-state index contributed by atoms with van der Waals surface area (Å²) in [6.07, 6.45) is 0.288. The van der Waals surface area contributed by atoms with Crippen LogP contribution in [0.1, 0.15) is 15.9 Å². The minimum atomic E-state index is -0.332. The number of nitrogens with one attached hydrogen (secondary N) is 2. The van der Waals surface area contributed by atoms with E-state index in [4.69, 9.17) is 21.1 Å². The van der Waals surface area contributed by atoms with E-state index in [1.165, 1.54) is 20.3 Å². The zero-order valence-corrected chi connectivity index (χ0v) is 14.9. The second-order valence-corrected chi connectivity index (χ2v) is 5.60. The van der Waals surface area contributed by atoms with Crippen LogP contribution in [-0.2, 0) is 11.2 Å². The molecule has 0 heterocycles. The third kappa shape index (κ3) is 4.64. The molecule has 2 amide bonds. The predicted octanol–water partition coefficient (Wildman–Crippen LogP) is 2.90. The van der Waals surface area contributed by atoms with Crippen LogP contribution in [0.3, 0.4) is 0 Å². The van der Waals surface area contributed by atoms with Crippen molar-refractivity contribution in [2.45, 2.75) is 6.42 Å². The van der Waals surface area contributed by atoms with Gasteiger partial charge in [0, 0.05) is 18.3 Å². The van der Waals surface area contributed by atoms with Gasteiger partial charge in [0.05, 0.1) is 25.7 Å². The first-order valence-electron chi connectivity index (χ1n) is 7.51. The second-order valence-electron chi connectivity index (χ2n) is 5.19. The van der Waals surface area contributed by atoms with Crippen LogP contribution >= 0.6 is 11.6 Å². The SMILES string of the molecule is CNC(=O)Cc1ccc(NC(=O)c2cc(Cl)c(OC)c(OC)c2)cc1. The maximum Gasteiger partial charge on any atom is 0.255 e. The summed E-state index contributed by atoms with van der Waals surface area (Å²) in [5.41, 5.74) is 1.81. The number of carbonyl (C=O) groups excluding carboxylic acids is 2. The molecule has 0 aromatic heterocycles. The largest absolute Gasteiger partial charge is 0.493 e. The van der Waals surface area contributed by atoms with Gasteiger partial charge in [0.15, 0.2) is 11.5 Å². The van der Waals surface area contributed by atoms with E-state index in [0.29, 0.717) is 22.7 Å². The fourth-order valence-electron chi connectivity index (χ4n) is 2.23. The number of methoxy groups -OCH3 is 2. The van der Waals surface area contributed by atoms with Crippen molar-refractivity contribution in [3.8, 4) is 11.5 Å². The van der Waals surface area contributed by atoms with Gasteiger partial charge in [0.25, 0.3) is 5.91 Å². The Bertz CT molecular complexity index is 775. The van der Waals surface area contributed by atoms with Gasteiger partial charge in [-0.05, 0) is 29.8 Å². The Morgan fingerprint density at radius 1 is 1.08 bits per heavy atom. The smallest absolute Gasteiger partial charge is 0.255 e. The van der Waals surface area contributed by atoms with E-state index in [1.54, 1.807) is 37.4 Å². The fraction of sp³-hybridized carbons (Fsp3) is 0.222. The number of ether oxygens (including phenoxy) is 2. The highest BCUT2D eigenvalue weighted by atomic mass is 35.5. The average Bonchev–Trinajstić information content (AvgIpc) is 2.62. The molecule has 0 saturated carbocycles. The predicted molar refractivity (Wildman–Crippen MR) is 96.7 cm³/mol. The second kappa shape index (κ2) is 8.39. The normalized spacial score (nSPS) is 10.1. The minimum absolute atomic E-state index is 0.0724. The standard InChI is InChI=1S/C18H19ClN2O4/c1-20-16(22)8-11-4-6-13(7-5-11)21-18(23)12-9-14(19)17(25-3)15(10-12)24-2/h4-7,9-10H,8H2,1-3H3,(H,20,22)(H,21,23). The fourth-order valence-corrected chi connectivity index (χ4v) is 2.52. The van der Waals surface area contributed by atoms with E-state index < -0.39 is 0 Å². The van der Waals surface area contributed by atoms with Gasteiger partial charge in [-0.15, -0.1) is 0 Å². The molecule has 0 saturated heterocycles. The summed E-state index contributed by atoms with van der Waals surface area (Å²) >= 11 is 6.12. The monoisotopic (exact) mass is 362 g/mol. The highest BCUT2D eigenvalue weighted by Gasteiger charge is 2.15. The lowest BCUT2D eigenvalue weighted by atomic mass is 10.1. The van der Waals surface area contributed by atoms with Crippen LogP contribution in [0.2, 0.25) is 5.02 Å². The van der Waals surface area contributed by atoms with Crippen molar-refractivity contribution in [3.63, 3.8) is 0 Å². The molecule has 0 bridgehead atoms. The molecule has 0 fully saturated rings. The number of benzene rings is 2. The minimum Gasteiger partial charge on any atom is -0.493 e. The Labute approximate surface area is 151 Å². The van der Waals surface area contributed by atoms with E-state index in [0.717, 1.165) is 5.56 Å². The number of likely N-dealkylation sites (N-methyl/N-ethyl adjacent to an activating group) is 1.